The number of carbonyl (C=O) groups is 13. The number of unbranched alkanes of at least 4 members (excludes halogenated alkanes) is 4. The number of aliphatic hydroxyl groups excluding tert-OH is 2. The molecular weight excluding hydrogens is 1380 g/mol. The first-order chi connectivity index (χ1) is 49.4. The lowest BCUT2D eigenvalue weighted by Crippen LogP contribution is -2.64. The van der Waals surface area contributed by atoms with Gasteiger partial charge in [-0.2, -0.15) is 11.8 Å². The molecular formula is C77H132N12O16S. The normalized spacial score (nSPS) is 24.4. The molecule has 0 saturated carbocycles. The minimum Gasteiger partial charge on any atom is -0.478 e. The highest BCUT2D eigenvalue weighted by Gasteiger charge is 2.47. The molecule has 2 rings (SSSR count). The van der Waals surface area contributed by atoms with E-state index in [0.29, 0.717) is 57.2 Å². The molecule has 1 aliphatic heterocycles. The molecule has 29 heteroatoms. The highest BCUT2D eigenvalue weighted by atomic mass is 32.2. The van der Waals surface area contributed by atoms with Crippen molar-refractivity contribution in [3.05, 3.63) is 35.4 Å². The summed E-state index contributed by atoms with van der Waals surface area (Å²) in [6.07, 6.45) is 2.50. The molecule has 0 radical (unpaired) electrons. The molecule has 13 atom stereocenters. The van der Waals surface area contributed by atoms with Crippen LogP contribution in [-0.2, 0) is 52.7 Å². The third-order valence-electron chi connectivity index (χ3n) is 19.9. The summed E-state index contributed by atoms with van der Waals surface area (Å²) in [5, 5.41) is 45.7. The van der Waals surface area contributed by atoms with E-state index in [1.807, 2.05) is 55.4 Å². The molecule has 28 nitrogen and oxygen atoms in total. The predicted molar refractivity (Wildman–Crippen MR) is 410 cm³/mol. The number of thioether (sulfide) groups is 1. The summed E-state index contributed by atoms with van der Waals surface area (Å²) in [5.41, 5.74) is 0.177. The fraction of sp³-hybridized carbons (Fsp3) is 0.753. The van der Waals surface area contributed by atoms with Crippen LogP contribution in [0.1, 0.15) is 209 Å². The lowest BCUT2D eigenvalue weighted by Gasteiger charge is -2.41. The summed E-state index contributed by atoms with van der Waals surface area (Å²) in [6.45, 7) is 28.1. The van der Waals surface area contributed by atoms with E-state index in [1.165, 1.54) is 129 Å². The Morgan fingerprint density at radius 1 is 0.481 bits per heavy atom. The Morgan fingerprint density at radius 2 is 0.934 bits per heavy atom. The zero-order valence-electron chi connectivity index (χ0n) is 67.8. The third kappa shape index (κ3) is 28.0. The standard InChI is InChI=1S/C77H132N12O16S/c1-24-55-71(98)87(21)60(43-106-37-30-29-36-90)74(101)83(17)57(39-45(4)5)68(95)82-61(48(10)11)75(102)84(18)56(38-44(2)3)67(94)79-51(15)65(92)80-52(16)70(97)85(19)58(40-46(6)7)72(99)86(20)59(41-47(8)9)73(100)88(22)62(49(12)13)76(103)89(23)63(69(96)81-55)64(91)50(14)32-27-25-26-28-35-78-66(93)53-33-31-34-54(42-53)77(104)105/h31,33-34,42,44-52,55-64,90-91H,24-30,32,35-41,43H2,1-23H3,(H,78,93)(H,79,94)(H,80,92)(H,81,96)(H,82,95)(H,104,105)/t50-,51+,52-,55+,56+,57+,58+,59+,60-,61+,62+,63+,64-/m1/s1. The maximum absolute atomic E-state index is 15.6. The fourth-order valence-electron chi connectivity index (χ4n) is 13.2. The van der Waals surface area contributed by atoms with Crippen molar-refractivity contribution in [2.24, 2.45) is 41.4 Å². The van der Waals surface area contributed by atoms with Gasteiger partial charge in [0.2, 0.25) is 65.0 Å². The smallest absolute Gasteiger partial charge is 0.335 e. The van der Waals surface area contributed by atoms with Crippen LogP contribution >= 0.6 is 11.8 Å². The van der Waals surface area contributed by atoms with E-state index < -0.39 is 167 Å². The van der Waals surface area contributed by atoms with Gasteiger partial charge in [0.25, 0.3) is 5.91 Å². The number of nitrogens with one attached hydrogen (secondary N) is 5. The number of likely N-dealkylation sites (N-methyl/N-ethyl adjacent to an activating group) is 7. The highest BCUT2D eigenvalue weighted by Crippen LogP contribution is 2.27. The molecule has 1 aromatic rings. The molecule has 12 amide bonds. The zero-order valence-corrected chi connectivity index (χ0v) is 68.6. The van der Waals surface area contributed by atoms with Gasteiger partial charge in [-0.15, -0.1) is 0 Å². The molecule has 0 aliphatic carbocycles. The number of benzene rings is 1. The highest BCUT2D eigenvalue weighted by molar-refractivity contribution is 7.99. The molecule has 106 heavy (non-hydrogen) atoms. The van der Waals surface area contributed by atoms with Gasteiger partial charge in [0.15, 0.2) is 0 Å². The summed E-state index contributed by atoms with van der Waals surface area (Å²) in [6, 6.07) is -8.61. The van der Waals surface area contributed by atoms with Gasteiger partial charge in [0, 0.05) is 73.8 Å². The quantitative estimate of drug-likeness (QED) is 0.0496. The van der Waals surface area contributed by atoms with Crippen LogP contribution in [0, 0.1) is 41.4 Å². The number of nitrogens with zero attached hydrogens (tertiary/aromatic N) is 7. The van der Waals surface area contributed by atoms with Crippen LogP contribution in [-0.4, -0.2) is 273 Å². The maximum atomic E-state index is 15.6. The molecule has 8 N–H and O–H groups in total. The summed E-state index contributed by atoms with van der Waals surface area (Å²) < 4.78 is 0. The molecule has 1 saturated heterocycles. The van der Waals surface area contributed by atoms with Crippen molar-refractivity contribution in [3.63, 3.8) is 0 Å². The van der Waals surface area contributed by atoms with Crippen molar-refractivity contribution in [1.82, 2.24) is 60.9 Å². The van der Waals surface area contributed by atoms with Gasteiger partial charge >= 0.3 is 5.97 Å². The minimum absolute atomic E-state index is 0.0000280. The number of carbonyl (C=O) groups excluding carboxylic acids is 12. The van der Waals surface area contributed by atoms with Gasteiger partial charge in [-0.1, -0.05) is 122 Å². The second-order valence-corrected chi connectivity index (χ2v) is 32.5. The Hall–Kier alpha value is -7.40. The Balaban J connectivity index is 3.03. The number of hydrogen-bond donors (Lipinski definition) is 8. The fourth-order valence-corrected chi connectivity index (χ4v) is 14.4. The van der Waals surface area contributed by atoms with Crippen LogP contribution in [0.25, 0.3) is 0 Å². The maximum Gasteiger partial charge on any atom is 0.335 e. The van der Waals surface area contributed by atoms with E-state index in [2.05, 4.69) is 26.6 Å². The zero-order chi connectivity index (χ0) is 81.1. The van der Waals surface area contributed by atoms with Crippen molar-refractivity contribution < 1.29 is 77.6 Å². The molecule has 602 valence electrons. The molecule has 0 spiro atoms. The third-order valence-corrected chi connectivity index (χ3v) is 21.0. The Labute approximate surface area is 635 Å². The number of amides is 12. The number of carboxylic acid groups (broad SMARTS) is 1. The molecule has 1 heterocycles. The largest absolute Gasteiger partial charge is 0.478 e. The number of rotatable bonds is 28. The molecule has 0 unspecified atom stereocenters. The van der Waals surface area contributed by atoms with E-state index in [-0.39, 0.29) is 79.3 Å². The van der Waals surface area contributed by atoms with E-state index in [1.54, 1.807) is 41.5 Å². The Kier molecular flexibility index (Phi) is 40.6. The molecule has 0 aromatic heterocycles. The number of aromatic carboxylic acids is 1. The van der Waals surface area contributed by atoms with Crippen LogP contribution in [0.2, 0.25) is 0 Å². The van der Waals surface area contributed by atoms with Crippen molar-refractivity contribution in [3.8, 4) is 0 Å². The minimum atomic E-state index is -1.72. The molecule has 0 bridgehead atoms. The second-order valence-electron chi connectivity index (χ2n) is 31.4. The van der Waals surface area contributed by atoms with Crippen molar-refractivity contribution in [2.75, 3.05) is 74.0 Å². The first-order valence-electron chi connectivity index (χ1n) is 38.0. The summed E-state index contributed by atoms with van der Waals surface area (Å²) in [5.74, 6) is -11.6. The Morgan fingerprint density at radius 3 is 1.44 bits per heavy atom. The monoisotopic (exact) mass is 1510 g/mol. The van der Waals surface area contributed by atoms with E-state index >= 15 is 28.8 Å². The van der Waals surface area contributed by atoms with Crippen LogP contribution in [0.15, 0.2) is 24.3 Å². The molecule has 1 aliphatic rings. The average Bonchev–Trinajstić information content (AvgIpc) is 0.803. The van der Waals surface area contributed by atoms with Crippen molar-refractivity contribution in [2.45, 2.75) is 260 Å². The van der Waals surface area contributed by atoms with Crippen molar-refractivity contribution in [1.29, 1.82) is 0 Å². The average molecular weight is 1510 g/mol. The molecule has 1 aromatic carbocycles. The van der Waals surface area contributed by atoms with E-state index in [9.17, 15) is 48.9 Å². The first kappa shape index (κ1) is 94.7. The van der Waals surface area contributed by atoms with Gasteiger partial charge < -0.3 is 76.2 Å². The van der Waals surface area contributed by atoms with E-state index in [0.717, 1.165) is 4.90 Å². The summed E-state index contributed by atoms with van der Waals surface area (Å²) in [4.78, 5) is 198. The summed E-state index contributed by atoms with van der Waals surface area (Å²) in [7, 11) is 9.91. The lowest BCUT2D eigenvalue weighted by atomic mass is 9.90. The number of aliphatic hydroxyl groups is 2. The SMILES string of the molecule is CC[C@@H]1NC(=O)[C@H]([C@H](O)[C@H](C)CCCCCCNC(=O)c2cccc(C(=O)O)c2)N(C)C(=O)[C@H](C(C)C)N(C)C(=O)[C@H](CC(C)C)N(C)C(=O)[C@H](CC(C)C)N(C)C(=O)[C@@H](C)NC(=O)[C@H](C)NC(=O)[C@H](CC(C)C)N(C)C(=O)[C@H](C(C)C)NC(=O)[C@H](CC(C)C)N(C)C(=O)[C@@H](CSCCCCO)N(C)C1=O. The predicted octanol–water partition coefficient (Wildman–Crippen LogP) is 5.26. The van der Waals surface area contributed by atoms with Gasteiger partial charge in [0.1, 0.15) is 66.5 Å². The summed E-state index contributed by atoms with van der Waals surface area (Å²) >= 11 is 1.33. The Bertz CT molecular complexity index is 3100. The molecule has 1 fully saturated rings. The van der Waals surface area contributed by atoms with Crippen LogP contribution in [0.4, 0.5) is 0 Å². The van der Waals surface area contributed by atoms with Gasteiger partial charge in [-0.25, -0.2) is 4.79 Å². The number of carboxylic acids is 1. The lowest BCUT2D eigenvalue weighted by molar-refractivity contribution is -0.157. The second kappa shape index (κ2) is 45.4. The van der Waals surface area contributed by atoms with Crippen LogP contribution < -0.4 is 26.6 Å². The van der Waals surface area contributed by atoms with Crippen molar-refractivity contribution >= 4 is 88.6 Å². The van der Waals surface area contributed by atoms with Gasteiger partial charge in [-0.3, -0.25) is 57.5 Å². The topological polar surface area (TPSA) is 365 Å². The van der Waals surface area contributed by atoms with Gasteiger partial charge in [-0.05, 0) is 137 Å². The van der Waals surface area contributed by atoms with Crippen LogP contribution in [0.3, 0.4) is 0 Å². The van der Waals surface area contributed by atoms with Gasteiger partial charge in [0.05, 0.1) is 11.7 Å². The van der Waals surface area contributed by atoms with Crippen LogP contribution in [0.5, 0.6) is 0 Å². The first-order valence-corrected chi connectivity index (χ1v) is 39.1. The van der Waals surface area contributed by atoms with E-state index in [4.69, 9.17) is 0 Å². The number of hydrogen-bond acceptors (Lipinski definition) is 16.